The summed E-state index contributed by atoms with van der Waals surface area (Å²) in [4.78, 5) is 34.9. The van der Waals surface area contributed by atoms with Crippen LogP contribution in [0.15, 0.2) is 24.3 Å². The molecule has 0 saturated heterocycles. The number of ether oxygens (including phenoxy) is 1. The number of benzene rings is 1. The average molecular weight is 280 g/mol. The molecule has 20 heavy (non-hydrogen) atoms. The molecule has 1 amide bonds. The van der Waals surface area contributed by atoms with E-state index in [-0.39, 0.29) is 24.7 Å². The van der Waals surface area contributed by atoms with Crippen LogP contribution in [-0.4, -0.2) is 41.4 Å². The fourth-order valence-corrected chi connectivity index (χ4v) is 1.60. The van der Waals surface area contributed by atoms with Crippen LogP contribution in [-0.2, 0) is 9.53 Å². The highest BCUT2D eigenvalue weighted by molar-refractivity contribution is 5.96. The first-order chi connectivity index (χ1) is 9.49. The summed E-state index contributed by atoms with van der Waals surface area (Å²) >= 11 is 0. The summed E-state index contributed by atoms with van der Waals surface area (Å²) in [5, 5.41) is 10.5. The van der Waals surface area contributed by atoms with Gasteiger partial charge in [0.25, 0.3) is 11.6 Å². The van der Waals surface area contributed by atoms with E-state index >= 15 is 0 Å². The van der Waals surface area contributed by atoms with Crippen LogP contribution in [0.25, 0.3) is 0 Å². The minimum atomic E-state index is -0.537. The molecule has 1 aromatic rings. The first kappa shape index (κ1) is 15.6. The molecule has 1 rings (SSSR count). The molecule has 0 saturated carbocycles. The number of carbonyl (C=O) groups excluding carboxylic acids is 2. The van der Waals surface area contributed by atoms with Crippen molar-refractivity contribution < 1.29 is 19.2 Å². The molecule has 0 aliphatic heterocycles. The van der Waals surface area contributed by atoms with Gasteiger partial charge >= 0.3 is 5.97 Å². The smallest absolute Gasteiger partial charge is 0.325 e. The highest BCUT2D eigenvalue weighted by Gasteiger charge is 2.18. The van der Waals surface area contributed by atoms with E-state index in [0.717, 1.165) is 0 Å². The Hall–Kier alpha value is -2.44. The standard InChI is InChI=1S/C13H16N2O5/c1-3-14(9-12(16)20-4-2)13(17)10-5-7-11(8-6-10)15(18)19/h5-8H,3-4,9H2,1-2H3. The Morgan fingerprint density at radius 2 is 1.85 bits per heavy atom. The Morgan fingerprint density at radius 1 is 1.25 bits per heavy atom. The Morgan fingerprint density at radius 3 is 2.30 bits per heavy atom. The molecule has 0 N–H and O–H groups in total. The van der Waals surface area contributed by atoms with E-state index in [0.29, 0.717) is 12.1 Å². The molecule has 7 heteroatoms. The van der Waals surface area contributed by atoms with Crippen molar-refractivity contribution in [1.82, 2.24) is 4.90 Å². The number of non-ortho nitro benzene ring substituents is 1. The molecular weight excluding hydrogens is 264 g/mol. The zero-order valence-electron chi connectivity index (χ0n) is 11.4. The van der Waals surface area contributed by atoms with Gasteiger partial charge in [-0.25, -0.2) is 0 Å². The number of nitrogens with zero attached hydrogens (tertiary/aromatic N) is 2. The summed E-state index contributed by atoms with van der Waals surface area (Å²) in [7, 11) is 0. The van der Waals surface area contributed by atoms with Crippen molar-refractivity contribution >= 4 is 17.6 Å². The second-order valence-electron chi connectivity index (χ2n) is 3.93. The molecule has 0 aliphatic carbocycles. The number of nitro groups is 1. The van der Waals surface area contributed by atoms with E-state index in [1.807, 2.05) is 0 Å². The van der Waals surface area contributed by atoms with Crippen LogP contribution in [0.4, 0.5) is 5.69 Å². The van der Waals surface area contributed by atoms with Crippen LogP contribution in [0.1, 0.15) is 24.2 Å². The van der Waals surface area contributed by atoms with Crippen molar-refractivity contribution in [3.05, 3.63) is 39.9 Å². The third kappa shape index (κ3) is 4.04. The normalized spacial score (nSPS) is 9.90. The highest BCUT2D eigenvalue weighted by Crippen LogP contribution is 2.13. The van der Waals surface area contributed by atoms with Gasteiger partial charge in [0.1, 0.15) is 6.54 Å². The number of esters is 1. The van der Waals surface area contributed by atoms with Crippen molar-refractivity contribution in [2.24, 2.45) is 0 Å². The molecule has 0 fully saturated rings. The van der Waals surface area contributed by atoms with Gasteiger partial charge in [-0.05, 0) is 26.0 Å². The van der Waals surface area contributed by atoms with Crippen molar-refractivity contribution in [3.8, 4) is 0 Å². The molecular formula is C13H16N2O5. The fourth-order valence-electron chi connectivity index (χ4n) is 1.60. The van der Waals surface area contributed by atoms with E-state index in [9.17, 15) is 19.7 Å². The first-order valence-corrected chi connectivity index (χ1v) is 6.18. The minimum Gasteiger partial charge on any atom is -0.465 e. The molecule has 0 aliphatic rings. The molecule has 108 valence electrons. The summed E-state index contributed by atoms with van der Waals surface area (Å²) in [6.45, 7) is 3.88. The van der Waals surface area contributed by atoms with Gasteiger partial charge in [0, 0.05) is 24.2 Å². The zero-order valence-corrected chi connectivity index (χ0v) is 11.4. The number of rotatable bonds is 6. The SMILES string of the molecule is CCOC(=O)CN(CC)C(=O)c1ccc([N+](=O)[O-])cc1. The number of hydrogen-bond acceptors (Lipinski definition) is 5. The van der Waals surface area contributed by atoms with Crippen LogP contribution in [0.2, 0.25) is 0 Å². The van der Waals surface area contributed by atoms with Gasteiger partial charge in [0.05, 0.1) is 11.5 Å². The van der Waals surface area contributed by atoms with E-state index in [4.69, 9.17) is 4.74 Å². The largest absolute Gasteiger partial charge is 0.465 e. The summed E-state index contributed by atoms with van der Waals surface area (Å²) in [5.74, 6) is -0.847. The van der Waals surface area contributed by atoms with Crippen LogP contribution in [0.3, 0.4) is 0 Å². The van der Waals surface area contributed by atoms with Gasteiger partial charge in [0.2, 0.25) is 0 Å². The number of nitro benzene ring substituents is 1. The molecule has 1 aromatic carbocycles. The van der Waals surface area contributed by atoms with Crippen LogP contribution < -0.4 is 0 Å². The molecule has 7 nitrogen and oxygen atoms in total. The van der Waals surface area contributed by atoms with Gasteiger partial charge in [-0.15, -0.1) is 0 Å². The van der Waals surface area contributed by atoms with Gasteiger partial charge in [-0.1, -0.05) is 0 Å². The third-order valence-corrected chi connectivity index (χ3v) is 2.62. The van der Waals surface area contributed by atoms with Crippen molar-refractivity contribution in [3.63, 3.8) is 0 Å². The molecule has 0 radical (unpaired) electrons. The topological polar surface area (TPSA) is 89.8 Å². The van der Waals surface area contributed by atoms with Crippen LogP contribution in [0.5, 0.6) is 0 Å². The maximum absolute atomic E-state index is 12.1. The number of hydrogen-bond donors (Lipinski definition) is 0. The average Bonchev–Trinajstić information content (AvgIpc) is 2.44. The Kier molecular flexibility index (Phi) is 5.64. The number of carbonyl (C=O) groups is 2. The summed E-state index contributed by atoms with van der Waals surface area (Å²) in [6, 6.07) is 5.25. The lowest BCUT2D eigenvalue weighted by Gasteiger charge is -2.19. The van der Waals surface area contributed by atoms with Crippen LogP contribution in [0, 0.1) is 10.1 Å². The predicted octanol–water partition coefficient (Wildman–Crippen LogP) is 1.62. The lowest BCUT2D eigenvalue weighted by Crippen LogP contribution is -2.36. The van der Waals surface area contributed by atoms with Gasteiger partial charge < -0.3 is 9.64 Å². The van der Waals surface area contributed by atoms with Gasteiger partial charge in [-0.2, -0.15) is 0 Å². The second-order valence-corrected chi connectivity index (χ2v) is 3.93. The highest BCUT2D eigenvalue weighted by atomic mass is 16.6. The summed E-state index contributed by atoms with van der Waals surface area (Å²) in [5.41, 5.74) is 0.205. The van der Waals surface area contributed by atoms with Crippen molar-refractivity contribution in [2.75, 3.05) is 19.7 Å². The zero-order chi connectivity index (χ0) is 15.1. The maximum atomic E-state index is 12.1. The Labute approximate surface area is 116 Å². The quantitative estimate of drug-likeness (QED) is 0.448. The number of likely N-dealkylation sites (N-methyl/N-ethyl adjacent to an activating group) is 1. The number of amides is 1. The monoisotopic (exact) mass is 280 g/mol. The second kappa shape index (κ2) is 7.22. The summed E-state index contributed by atoms with van der Waals surface area (Å²) < 4.78 is 4.79. The fraction of sp³-hybridized carbons (Fsp3) is 0.385. The van der Waals surface area contributed by atoms with Gasteiger partial charge in [-0.3, -0.25) is 19.7 Å². The van der Waals surface area contributed by atoms with Gasteiger partial charge in [0.15, 0.2) is 0 Å². The third-order valence-electron chi connectivity index (χ3n) is 2.62. The molecule has 0 heterocycles. The Bertz CT molecular complexity index is 498. The Balaban J connectivity index is 2.80. The van der Waals surface area contributed by atoms with E-state index in [2.05, 4.69) is 0 Å². The van der Waals surface area contributed by atoms with E-state index in [1.54, 1.807) is 13.8 Å². The first-order valence-electron chi connectivity index (χ1n) is 6.18. The summed E-state index contributed by atoms with van der Waals surface area (Å²) in [6.07, 6.45) is 0. The van der Waals surface area contributed by atoms with Crippen molar-refractivity contribution in [1.29, 1.82) is 0 Å². The molecule has 0 aromatic heterocycles. The molecule has 0 unspecified atom stereocenters. The van der Waals surface area contributed by atoms with E-state index < -0.39 is 10.9 Å². The maximum Gasteiger partial charge on any atom is 0.325 e. The van der Waals surface area contributed by atoms with Crippen molar-refractivity contribution in [2.45, 2.75) is 13.8 Å². The minimum absolute atomic E-state index is 0.0880. The molecule has 0 bridgehead atoms. The predicted molar refractivity (Wildman–Crippen MR) is 71.3 cm³/mol. The van der Waals surface area contributed by atoms with E-state index in [1.165, 1.54) is 29.2 Å². The molecule has 0 spiro atoms. The lowest BCUT2D eigenvalue weighted by atomic mass is 10.2. The molecule has 0 atom stereocenters. The van der Waals surface area contributed by atoms with Crippen LogP contribution >= 0.6 is 0 Å². The lowest BCUT2D eigenvalue weighted by molar-refractivity contribution is -0.384.